The van der Waals surface area contributed by atoms with Gasteiger partial charge in [-0.05, 0) is 44.1 Å². The topological polar surface area (TPSA) is 40.7 Å². The van der Waals surface area contributed by atoms with Crippen molar-refractivity contribution in [2.75, 3.05) is 13.6 Å². The average Bonchev–Trinajstić information content (AvgIpc) is 2.78. The van der Waals surface area contributed by atoms with Crippen molar-refractivity contribution in [3.63, 3.8) is 0 Å². The molecule has 0 spiro atoms. The summed E-state index contributed by atoms with van der Waals surface area (Å²) in [6, 6.07) is 7.86. The van der Waals surface area contributed by atoms with Gasteiger partial charge in [-0.25, -0.2) is 0 Å². The lowest BCUT2D eigenvalue weighted by atomic mass is 10.0. The summed E-state index contributed by atoms with van der Waals surface area (Å²) in [7, 11) is 1.96. The van der Waals surface area contributed by atoms with Gasteiger partial charge in [0, 0.05) is 16.3 Å². The van der Waals surface area contributed by atoms with E-state index < -0.39 is 0 Å². The molecule has 2 N–H and O–H groups in total. The molecule has 0 atom stereocenters. The molecule has 0 aliphatic carbocycles. The molecule has 3 nitrogen and oxygen atoms in total. The maximum Gasteiger partial charge on any atom is 0.0568 e. The first-order valence-corrected chi connectivity index (χ1v) is 6.12. The van der Waals surface area contributed by atoms with E-state index in [0.717, 1.165) is 35.5 Å². The number of aromatic nitrogens is 2. The molecule has 4 heteroatoms. The highest BCUT2D eigenvalue weighted by Crippen LogP contribution is 2.25. The van der Waals surface area contributed by atoms with Crippen molar-refractivity contribution in [2.45, 2.75) is 12.8 Å². The molecule has 0 amide bonds. The van der Waals surface area contributed by atoms with Gasteiger partial charge in [-0.3, -0.25) is 5.10 Å². The monoisotopic (exact) mass is 249 g/mol. The average molecular weight is 250 g/mol. The van der Waals surface area contributed by atoms with E-state index in [0.29, 0.717) is 0 Å². The van der Waals surface area contributed by atoms with Crippen LogP contribution in [0.3, 0.4) is 0 Å². The first-order chi connectivity index (χ1) is 8.31. The first-order valence-electron chi connectivity index (χ1n) is 5.74. The normalized spacial score (nSPS) is 10.7. The van der Waals surface area contributed by atoms with Crippen molar-refractivity contribution in [2.24, 2.45) is 0 Å². The summed E-state index contributed by atoms with van der Waals surface area (Å²) in [5.41, 5.74) is 3.43. The van der Waals surface area contributed by atoms with Gasteiger partial charge in [0.1, 0.15) is 0 Å². The number of hydrogen-bond acceptors (Lipinski definition) is 2. The zero-order valence-corrected chi connectivity index (χ0v) is 10.6. The SMILES string of the molecule is CNCCCc1[nH]ncc1-c1cccc(Cl)c1. The Hall–Kier alpha value is -1.32. The quantitative estimate of drug-likeness (QED) is 0.800. The number of hydrogen-bond donors (Lipinski definition) is 2. The largest absolute Gasteiger partial charge is 0.320 e. The molecule has 0 saturated heterocycles. The van der Waals surface area contributed by atoms with Crippen LogP contribution >= 0.6 is 11.6 Å². The van der Waals surface area contributed by atoms with Crippen LogP contribution in [0.4, 0.5) is 0 Å². The molecule has 2 aromatic rings. The molecule has 0 aliphatic heterocycles. The summed E-state index contributed by atoms with van der Waals surface area (Å²) in [6.45, 7) is 1.01. The van der Waals surface area contributed by atoms with Crippen LogP contribution in [0.5, 0.6) is 0 Å². The fourth-order valence-electron chi connectivity index (χ4n) is 1.85. The van der Waals surface area contributed by atoms with Crippen LogP contribution in [0.25, 0.3) is 11.1 Å². The number of benzene rings is 1. The van der Waals surface area contributed by atoms with Crippen molar-refractivity contribution >= 4 is 11.6 Å². The van der Waals surface area contributed by atoms with Crippen LogP contribution in [-0.2, 0) is 6.42 Å². The van der Waals surface area contributed by atoms with E-state index in [1.807, 2.05) is 31.4 Å². The first kappa shape index (κ1) is 12.1. The van der Waals surface area contributed by atoms with E-state index in [1.165, 1.54) is 5.69 Å². The molecule has 1 heterocycles. The number of nitrogens with one attached hydrogen (secondary N) is 2. The Kier molecular flexibility index (Phi) is 4.18. The molecule has 90 valence electrons. The fraction of sp³-hybridized carbons (Fsp3) is 0.308. The third-order valence-corrected chi connectivity index (χ3v) is 2.94. The van der Waals surface area contributed by atoms with Gasteiger partial charge < -0.3 is 5.32 Å². The van der Waals surface area contributed by atoms with Gasteiger partial charge in [0.2, 0.25) is 0 Å². The van der Waals surface area contributed by atoms with Gasteiger partial charge in [-0.2, -0.15) is 5.10 Å². The van der Waals surface area contributed by atoms with Crippen LogP contribution < -0.4 is 5.32 Å². The minimum Gasteiger partial charge on any atom is -0.320 e. The highest BCUT2D eigenvalue weighted by molar-refractivity contribution is 6.30. The zero-order chi connectivity index (χ0) is 12.1. The lowest BCUT2D eigenvalue weighted by molar-refractivity contribution is 0.714. The third-order valence-electron chi connectivity index (χ3n) is 2.71. The van der Waals surface area contributed by atoms with E-state index in [-0.39, 0.29) is 0 Å². The van der Waals surface area contributed by atoms with Gasteiger partial charge in [-0.15, -0.1) is 0 Å². The molecule has 0 fully saturated rings. The molecular formula is C13H16ClN3. The van der Waals surface area contributed by atoms with Crippen molar-refractivity contribution in [1.29, 1.82) is 0 Å². The van der Waals surface area contributed by atoms with Crippen LogP contribution in [0.15, 0.2) is 30.5 Å². The highest BCUT2D eigenvalue weighted by atomic mass is 35.5. The Labute approximate surface area is 106 Å². The summed E-state index contributed by atoms with van der Waals surface area (Å²) in [4.78, 5) is 0. The second-order valence-electron chi connectivity index (χ2n) is 3.98. The summed E-state index contributed by atoms with van der Waals surface area (Å²) in [5.74, 6) is 0. The minimum atomic E-state index is 0.755. The predicted octanol–water partition coefficient (Wildman–Crippen LogP) is 2.88. The lowest BCUT2D eigenvalue weighted by Crippen LogP contribution is -2.08. The van der Waals surface area contributed by atoms with Crippen molar-refractivity contribution < 1.29 is 0 Å². The Morgan fingerprint density at radius 2 is 2.29 bits per heavy atom. The van der Waals surface area contributed by atoms with Crippen molar-refractivity contribution in [3.05, 3.63) is 41.2 Å². The van der Waals surface area contributed by atoms with Crippen LogP contribution in [0.2, 0.25) is 5.02 Å². The van der Waals surface area contributed by atoms with Crippen molar-refractivity contribution in [1.82, 2.24) is 15.5 Å². The summed E-state index contributed by atoms with van der Waals surface area (Å²) in [5, 5.41) is 11.1. The van der Waals surface area contributed by atoms with Crippen molar-refractivity contribution in [3.8, 4) is 11.1 Å². The van der Waals surface area contributed by atoms with Crippen LogP contribution in [0, 0.1) is 0 Å². The second-order valence-corrected chi connectivity index (χ2v) is 4.42. The van der Waals surface area contributed by atoms with Gasteiger partial charge in [0.25, 0.3) is 0 Å². The van der Waals surface area contributed by atoms with Gasteiger partial charge in [0.15, 0.2) is 0 Å². The number of H-pyrrole nitrogens is 1. The van der Waals surface area contributed by atoms with Gasteiger partial charge in [0.05, 0.1) is 6.20 Å². The number of aryl methyl sites for hydroxylation is 1. The summed E-state index contributed by atoms with van der Waals surface area (Å²) >= 11 is 6.00. The Bertz CT molecular complexity index is 479. The summed E-state index contributed by atoms with van der Waals surface area (Å²) < 4.78 is 0. The molecule has 1 aromatic heterocycles. The molecule has 0 unspecified atom stereocenters. The van der Waals surface area contributed by atoms with Crippen LogP contribution in [-0.4, -0.2) is 23.8 Å². The van der Waals surface area contributed by atoms with Crippen LogP contribution in [0.1, 0.15) is 12.1 Å². The van der Waals surface area contributed by atoms with E-state index in [9.17, 15) is 0 Å². The maximum absolute atomic E-state index is 6.00. The minimum absolute atomic E-state index is 0.755. The molecule has 2 rings (SSSR count). The summed E-state index contributed by atoms with van der Waals surface area (Å²) in [6.07, 6.45) is 3.94. The third kappa shape index (κ3) is 3.08. The smallest absolute Gasteiger partial charge is 0.0568 e. The Morgan fingerprint density at radius 1 is 1.41 bits per heavy atom. The van der Waals surface area contributed by atoms with Gasteiger partial charge >= 0.3 is 0 Å². The molecule has 17 heavy (non-hydrogen) atoms. The molecule has 0 saturated carbocycles. The number of aromatic amines is 1. The molecule has 0 bridgehead atoms. The van der Waals surface area contributed by atoms with E-state index in [4.69, 9.17) is 11.6 Å². The number of halogens is 1. The molecule has 1 aromatic carbocycles. The molecular weight excluding hydrogens is 234 g/mol. The molecule has 0 radical (unpaired) electrons. The van der Waals surface area contributed by atoms with E-state index in [1.54, 1.807) is 0 Å². The maximum atomic E-state index is 6.00. The van der Waals surface area contributed by atoms with E-state index >= 15 is 0 Å². The van der Waals surface area contributed by atoms with Gasteiger partial charge in [-0.1, -0.05) is 23.7 Å². The van der Waals surface area contributed by atoms with E-state index in [2.05, 4.69) is 21.6 Å². The predicted molar refractivity (Wildman–Crippen MR) is 71.3 cm³/mol. The molecule has 0 aliphatic rings. The fourth-order valence-corrected chi connectivity index (χ4v) is 2.04. The second kappa shape index (κ2) is 5.84. The Morgan fingerprint density at radius 3 is 3.06 bits per heavy atom. The lowest BCUT2D eigenvalue weighted by Gasteiger charge is -2.03. The number of nitrogens with zero attached hydrogens (tertiary/aromatic N) is 1. The standard InChI is InChI=1S/C13H16ClN3/c1-15-7-3-6-13-12(9-16-17-13)10-4-2-5-11(14)8-10/h2,4-5,8-9,15H,3,6-7H2,1H3,(H,16,17). The Balaban J connectivity index is 2.18. The zero-order valence-electron chi connectivity index (χ0n) is 9.83. The highest BCUT2D eigenvalue weighted by Gasteiger charge is 2.07. The number of rotatable bonds is 5.